The number of cyclic esters (lactones) is 1. The molecular formula is C25H35N5O4S. The van der Waals surface area contributed by atoms with Crippen molar-refractivity contribution in [3.8, 4) is 0 Å². The average Bonchev–Trinajstić information content (AvgIpc) is 3.43. The van der Waals surface area contributed by atoms with Crippen molar-refractivity contribution in [2.75, 3.05) is 50.7 Å². The van der Waals surface area contributed by atoms with Crippen LogP contribution in [0.25, 0.3) is 0 Å². The second-order valence-electron chi connectivity index (χ2n) is 10.2. The fourth-order valence-electron chi connectivity index (χ4n) is 5.55. The van der Waals surface area contributed by atoms with Gasteiger partial charge in [0, 0.05) is 71.2 Å². The molecule has 3 fully saturated rings. The molecule has 0 amide bonds. The van der Waals surface area contributed by atoms with E-state index in [9.17, 15) is 13.2 Å². The van der Waals surface area contributed by atoms with E-state index in [0.29, 0.717) is 32.4 Å². The number of nitrogens with zero attached hydrogens (tertiary/aromatic N) is 5. The molecule has 1 aromatic carbocycles. The fourth-order valence-corrected chi connectivity index (χ4v) is 6.98. The molecule has 5 rings (SSSR count). The number of carbonyl (C=O) groups is 1. The van der Waals surface area contributed by atoms with Crippen molar-refractivity contribution in [1.82, 2.24) is 19.0 Å². The summed E-state index contributed by atoms with van der Waals surface area (Å²) in [5, 5.41) is 3.98. The van der Waals surface area contributed by atoms with Crippen molar-refractivity contribution >= 4 is 21.7 Å². The van der Waals surface area contributed by atoms with Crippen molar-refractivity contribution in [2.24, 2.45) is 12.5 Å². The smallest absolute Gasteiger partial charge is 0.312 e. The number of aromatic nitrogens is 2. The van der Waals surface area contributed by atoms with Crippen molar-refractivity contribution in [3.63, 3.8) is 0 Å². The second kappa shape index (κ2) is 9.55. The lowest BCUT2D eigenvalue weighted by Gasteiger charge is -2.36. The first-order valence-electron chi connectivity index (χ1n) is 12.5. The Kier molecular flexibility index (Phi) is 6.63. The fraction of sp³-hybridized carbons (Fsp3) is 0.600. The molecule has 0 aliphatic carbocycles. The maximum absolute atomic E-state index is 12.9. The molecule has 3 aliphatic heterocycles. The predicted octanol–water partition coefficient (Wildman–Crippen LogP) is 2.03. The lowest BCUT2D eigenvalue weighted by Crippen LogP contribution is -2.47. The molecule has 0 unspecified atom stereocenters. The number of benzene rings is 1. The Morgan fingerprint density at radius 1 is 1.06 bits per heavy atom. The quantitative estimate of drug-likeness (QED) is 0.560. The molecule has 3 saturated heterocycles. The largest absolute Gasteiger partial charge is 0.462 e. The summed E-state index contributed by atoms with van der Waals surface area (Å²) in [4.78, 5) is 17.9. The molecule has 1 aromatic heterocycles. The number of aryl methyl sites for hydroxylation is 2. The van der Waals surface area contributed by atoms with Crippen LogP contribution >= 0.6 is 0 Å². The van der Waals surface area contributed by atoms with E-state index in [1.54, 1.807) is 7.05 Å². The van der Waals surface area contributed by atoms with Gasteiger partial charge in [0.2, 0.25) is 10.0 Å². The number of rotatable bonds is 6. The van der Waals surface area contributed by atoms with Crippen LogP contribution in [0.2, 0.25) is 0 Å². The third-order valence-electron chi connectivity index (χ3n) is 7.86. The first-order valence-corrected chi connectivity index (χ1v) is 13.9. The molecule has 0 N–H and O–H groups in total. The van der Waals surface area contributed by atoms with E-state index in [2.05, 4.69) is 46.1 Å². The molecular weight excluding hydrogens is 466 g/mol. The number of sulfonamides is 1. The zero-order valence-electron chi connectivity index (χ0n) is 20.6. The molecule has 0 bridgehead atoms. The minimum atomic E-state index is -3.58. The standard InChI is InChI=1S/C25H35N5O4S/c1-20-3-5-21(6-4-20)29-15-13-28(14-16-29)10-7-22-17-25(24(31)34-22)8-11-30(12-9-25)35(32,33)23-18-26-27(2)19-23/h3-6,18-19,22H,7-17H2,1-2H3/t22-/m1/s1. The van der Waals surface area contributed by atoms with Crippen LogP contribution in [0.15, 0.2) is 41.6 Å². The molecule has 10 heteroatoms. The van der Waals surface area contributed by atoms with Gasteiger partial charge in [-0.05, 0) is 38.3 Å². The Morgan fingerprint density at radius 2 is 1.74 bits per heavy atom. The van der Waals surface area contributed by atoms with E-state index in [1.165, 1.54) is 32.6 Å². The van der Waals surface area contributed by atoms with Gasteiger partial charge in [-0.1, -0.05) is 17.7 Å². The number of ether oxygens (including phenoxy) is 1. The zero-order valence-corrected chi connectivity index (χ0v) is 21.4. The molecule has 1 atom stereocenters. The van der Waals surface area contributed by atoms with Crippen LogP contribution in [0.5, 0.6) is 0 Å². The summed E-state index contributed by atoms with van der Waals surface area (Å²) in [7, 11) is -1.89. The monoisotopic (exact) mass is 501 g/mol. The summed E-state index contributed by atoms with van der Waals surface area (Å²) in [5.74, 6) is -0.148. The van der Waals surface area contributed by atoms with Gasteiger partial charge in [0.25, 0.3) is 0 Å². The molecule has 0 radical (unpaired) electrons. The maximum atomic E-state index is 12.9. The molecule has 2 aromatic rings. The van der Waals surface area contributed by atoms with Gasteiger partial charge in [-0.3, -0.25) is 14.4 Å². The van der Waals surface area contributed by atoms with Crippen LogP contribution < -0.4 is 4.90 Å². The minimum Gasteiger partial charge on any atom is -0.462 e. The van der Waals surface area contributed by atoms with Crippen LogP contribution in [0.1, 0.15) is 31.2 Å². The van der Waals surface area contributed by atoms with Gasteiger partial charge >= 0.3 is 5.97 Å². The van der Waals surface area contributed by atoms with Crippen LogP contribution in [0, 0.1) is 12.3 Å². The van der Waals surface area contributed by atoms with Gasteiger partial charge in [-0.15, -0.1) is 0 Å². The number of carbonyl (C=O) groups excluding carboxylic acids is 1. The maximum Gasteiger partial charge on any atom is 0.312 e. The van der Waals surface area contributed by atoms with Crippen molar-refractivity contribution in [2.45, 2.75) is 43.6 Å². The molecule has 3 aliphatic rings. The summed E-state index contributed by atoms with van der Waals surface area (Å²) >= 11 is 0. The average molecular weight is 502 g/mol. The highest BCUT2D eigenvalue weighted by Crippen LogP contribution is 2.44. The van der Waals surface area contributed by atoms with Gasteiger partial charge in [-0.2, -0.15) is 9.40 Å². The van der Waals surface area contributed by atoms with Gasteiger partial charge in [-0.25, -0.2) is 8.42 Å². The number of piperazine rings is 1. The Bertz CT molecular complexity index is 1150. The van der Waals surface area contributed by atoms with Gasteiger partial charge in [0.1, 0.15) is 11.0 Å². The normalized spacial score (nSPS) is 23.7. The molecule has 1 spiro atoms. The summed E-state index contributed by atoms with van der Waals surface area (Å²) in [5.41, 5.74) is 2.01. The van der Waals surface area contributed by atoms with Gasteiger partial charge < -0.3 is 9.64 Å². The van der Waals surface area contributed by atoms with Crippen molar-refractivity contribution in [1.29, 1.82) is 0 Å². The first kappa shape index (κ1) is 24.3. The Hall–Kier alpha value is -2.43. The predicted molar refractivity (Wildman–Crippen MR) is 133 cm³/mol. The van der Waals surface area contributed by atoms with Gasteiger partial charge in [0.15, 0.2) is 0 Å². The summed E-state index contributed by atoms with van der Waals surface area (Å²) in [6.45, 7) is 7.69. The molecule has 190 valence electrons. The highest BCUT2D eigenvalue weighted by atomic mass is 32.2. The van der Waals surface area contributed by atoms with E-state index in [0.717, 1.165) is 39.1 Å². The summed E-state index contributed by atoms with van der Waals surface area (Å²) < 4.78 is 34.6. The molecule has 4 heterocycles. The van der Waals surface area contributed by atoms with Crippen molar-refractivity contribution < 1.29 is 17.9 Å². The van der Waals surface area contributed by atoms with Crippen LogP contribution in [-0.4, -0.2) is 85.3 Å². The number of esters is 1. The molecule has 35 heavy (non-hydrogen) atoms. The minimum absolute atomic E-state index is 0.0842. The molecule has 0 saturated carbocycles. The lowest BCUT2D eigenvalue weighted by molar-refractivity contribution is -0.150. The van der Waals surface area contributed by atoms with E-state index in [4.69, 9.17) is 4.74 Å². The first-order chi connectivity index (χ1) is 16.7. The van der Waals surface area contributed by atoms with Crippen LogP contribution in [0.3, 0.4) is 0 Å². The van der Waals surface area contributed by atoms with Crippen molar-refractivity contribution in [3.05, 3.63) is 42.2 Å². The third kappa shape index (κ3) is 4.96. The van der Waals surface area contributed by atoms with E-state index in [-0.39, 0.29) is 17.0 Å². The van der Waals surface area contributed by atoms with Gasteiger partial charge in [0.05, 0.1) is 11.6 Å². The third-order valence-corrected chi connectivity index (χ3v) is 9.71. The Labute approximate surface area is 207 Å². The highest BCUT2D eigenvalue weighted by molar-refractivity contribution is 7.89. The summed E-state index contributed by atoms with van der Waals surface area (Å²) in [6.07, 6.45) is 5.35. The zero-order chi connectivity index (χ0) is 24.6. The SMILES string of the molecule is Cc1ccc(N2CCN(CC[C@@H]3CC4(CCN(S(=O)(=O)c5cnn(C)c5)CC4)C(=O)O3)CC2)cc1. The number of hydrogen-bond acceptors (Lipinski definition) is 7. The summed E-state index contributed by atoms with van der Waals surface area (Å²) in [6, 6.07) is 8.70. The second-order valence-corrected chi connectivity index (χ2v) is 12.2. The Balaban J connectivity index is 1.10. The van der Waals surface area contributed by atoms with E-state index < -0.39 is 15.4 Å². The van der Waals surface area contributed by atoms with E-state index >= 15 is 0 Å². The lowest BCUT2D eigenvalue weighted by atomic mass is 9.76. The van der Waals surface area contributed by atoms with Crippen LogP contribution in [0.4, 0.5) is 5.69 Å². The molecule has 9 nitrogen and oxygen atoms in total. The van der Waals surface area contributed by atoms with Crippen LogP contribution in [-0.2, 0) is 26.6 Å². The highest BCUT2D eigenvalue weighted by Gasteiger charge is 2.51. The number of anilines is 1. The number of piperidine rings is 1. The Morgan fingerprint density at radius 3 is 2.37 bits per heavy atom. The topological polar surface area (TPSA) is 88.0 Å². The van der Waals surface area contributed by atoms with E-state index in [1.807, 2.05) is 0 Å². The number of hydrogen-bond donors (Lipinski definition) is 0.